The molecule has 0 fully saturated rings. The largest absolute Gasteiger partial charge is 0.456 e. The molecule has 1 aliphatic rings. The lowest BCUT2D eigenvalue weighted by atomic mass is 10.1. The van der Waals surface area contributed by atoms with Gasteiger partial charge in [-0.3, -0.25) is 13.9 Å². The van der Waals surface area contributed by atoms with Crippen molar-refractivity contribution in [1.82, 2.24) is 9.13 Å². The molecule has 4 aromatic rings. The Balaban J connectivity index is 1.36. The first-order chi connectivity index (χ1) is 15.5. The van der Waals surface area contributed by atoms with Gasteiger partial charge in [0.05, 0.1) is 12.1 Å². The Labute approximate surface area is 186 Å². The van der Waals surface area contributed by atoms with E-state index in [1.165, 1.54) is 9.13 Å². The van der Waals surface area contributed by atoms with E-state index >= 15 is 0 Å². The maximum Gasteiger partial charge on any atom is 0.353 e. The second-order valence-corrected chi connectivity index (χ2v) is 8.57. The van der Waals surface area contributed by atoms with Crippen molar-refractivity contribution in [3.63, 3.8) is 0 Å². The molecule has 0 unspecified atom stereocenters. The number of carbonyl (C=O) groups excluding carboxylic acids is 1. The minimum atomic E-state index is -0.589. The summed E-state index contributed by atoms with van der Waals surface area (Å²) in [6.45, 7) is 0.268. The normalized spacial score (nSPS) is 12.6. The van der Waals surface area contributed by atoms with Crippen LogP contribution >= 0.6 is 11.3 Å². The number of esters is 1. The van der Waals surface area contributed by atoms with Crippen LogP contribution in [-0.4, -0.2) is 20.8 Å². The van der Waals surface area contributed by atoms with Gasteiger partial charge in [0.1, 0.15) is 18.1 Å². The highest BCUT2D eigenvalue weighted by atomic mass is 32.1. The number of benzene rings is 2. The molecule has 0 aliphatic carbocycles. The Kier molecular flexibility index (Phi) is 5.07. The van der Waals surface area contributed by atoms with E-state index in [2.05, 4.69) is 4.99 Å². The van der Waals surface area contributed by atoms with E-state index in [1.54, 1.807) is 18.4 Å². The fourth-order valence-electron chi connectivity index (χ4n) is 3.80. The van der Waals surface area contributed by atoms with Crippen molar-refractivity contribution in [3.05, 3.63) is 97.5 Å². The first-order valence-corrected chi connectivity index (χ1v) is 11.0. The standard InChI is InChI=1S/C24H19N3O4S/c1-26-21-18(22(28)27(24(26)30)13-15-5-3-2-4-6-15)12-19(25-21)23(29)31-14-16-7-8-17-9-10-32-20(17)11-16/h2-11H,12-14H2,1H3. The molecule has 0 atom stereocenters. The Morgan fingerprint density at radius 2 is 1.91 bits per heavy atom. The summed E-state index contributed by atoms with van der Waals surface area (Å²) in [4.78, 5) is 42.7. The molecule has 5 rings (SSSR count). The van der Waals surface area contributed by atoms with Crippen LogP contribution in [0.2, 0.25) is 0 Å². The fraction of sp³-hybridized carbons (Fsp3) is 0.167. The quantitative estimate of drug-likeness (QED) is 0.442. The number of nitrogens with zero attached hydrogens (tertiary/aromatic N) is 3. The number of hydrogen-bond acceptors (Lipinski definition) is 6. The second-order valence-electron chi connectivity index (χ2n) is 7.62. The molecule has 0 N–H and O–H groups in total. The lowest BCUT2D eigenvalue weighted by Gasteiger charge is -2.10. The lowest BCUT2D eigenvalue weighted by molar-refractivity contribution is -0.136. The van der Waals surface area contributed by atoms with Crippen molar-refractivity contribution < 1.29 is 9.53 Å². The SMILES string of the molecule is Cn1c2c(c(=O)n(Cc3ccccc3)c1=O)CC(C(=O)OCc1ccc3ccsc3c1)=N2. The predicted molar refractivity (Wildman–Crippen MR) is 124 cm³/mol. The summed E-state index contributed by atoms with van der Waals surface area (Å²) in [6, 6.07) is 17.2. The number of hydrogen-bond donors (Lipinski definition) is 0. The van der Waals surface area contributed by atoms with Gasteiger partial charge in [-0.15, -0.1) is 11.3 Å². The zero-order valence-electron chi connectivity index (χ0n) is 17.3. The number of aromatic nitrogens is 2. The smallest absolute Gasteiger partial charge is 0.353 e. The molecule has 160 valence electrons. The highest BCUT2D eigenvalue weighted by Gasteiger charge is 2.28. The molecule has 0 bridgehead atoms. The van der Waals surface area contributed by atoms with E-state index in [-0.39, 0.29) is 31.1 Å². The monoisotopic (exact) mass is 445 g/mol. The Bertz CT molecular complexity index is 1500. The van der Waals surface area contributed by atoms with Crippen LogP contribution in [0.25, 0.3) is 10.1 Å². The zero-order chi connectivity index (χ0) is 22.2. The van der Waals surface area contributed by atoms with Gasteiger partial charge in [-0.25, -0.2) is 14.6 Å². The summed E-state index contributed by atoms with van der Waals surface area (Å²) in [5, 5.41) is 3.16. The van der Waals surface area contributed by atoms with Crippen LogP contribution in [0.4, 0.5) is 5.82 Å². The molecule has 2 aromatic carbocycles. The van der Waals surface area contributed by atoms with Crippen molar-refractivity contribution in [3.8, 4) is 0 Å². The van der Waals surface area contributed by atoms with Crippen LogP contribution < -0.4 is 11.2 Å². The first kappa shape index (κ1) is 20.1. The summed E-state index contributed by atoms with van der Waals surface area (Å²) >= 11 is 1.63. The summed E-state index contributed by atoms with van der Waals surface area (Å²) in [5.74, 6) is -0.370. The zero-order valence-corrected chi connectivity index (χ0v) is 18.1. The van der Waals surface area contributed by atoms with E-state index in [0.29, 0.717) is 5.56 Å². The van der Waals surface area contributed by atoms with Gasteiger partial charge in [-0.05, 0) is 34.0 Å². The molecular formula is C24H19N3O4S. The topological polar surface area (TPSA) is 82.7 Å². The summed E-state index contributed by atoms with van der Waals surface area (Å²) in [6.07, 6.45) is 0.0415. The third kappa shape index (κ3) is 3.58. The molecular weight excluding hydrogens is 426 g/mol. The first-order valence-electron chi connectivity index (χ1n) is 10.1. The molecule has 0 saturated carbocycles. The van der Waals surface area contributed by atoms with Gasteiger partial charge in [-0.1, -0.05) is 42.5 Å². The minimum Gasteiger partial charge on any atom is -0.456 e. The maximum absolute atomic E-state index is 13.0. The van der Waals surface area contributed by atoms with Gasteiger partial charge in [-0.2, -0.15) is 0 Å². The van der Waals surface area contributed by atoms with Crippen molar-refractivity contribution in [2.45, 2.75) is 19.6 Å². The average Bonchev–Trinajstić information content (AvgIpc) is 3.47. The van der Waals surface area contributed by atoms with Gasteiger partial charge in [0.2, 0.25) is 0 Å². The van der Waals surface area contributed by atoms with Gasteiger partial charge in [0, 0.05) is 18.2 Å². The van der Waals surface area contributed by atoms with Crippen LogP contribution in [0.15, 0.2) is 74.6 Å². The third-order valence-electron chi connectivity index (χ3n) is 5.50. The molecule has 3 heterocycles. The highest BCUT2D eigenvalue weighted by molar-refractivity contribution is 7.17. The molecule has 7 nitrogen and oxygen atoms in total. The number of thiophene rings is 1. The van der Waals surface area contributed by atoms with E-state index in [4.69, 9.17) is 4.74 Å². The van der Waals surface area contributed by atoms with E-state index in [0.717, 1.165) is 21.2 Å². The van der Waals surface area contributed by atoms with Gasteiger partial charge in [0.25, 0.3) is 5.56 Å². The summed E-state index contributed by atoms with van der Waals surface area (Å²) in [7, 11) is 1.55. The van der Waals surface area contributed by atoms with Gasteiger partial charge in [0.15, 0.2) is 0 Å². The molecule has 0 radical (unpaired) electrons. The van der Waals surface area contributed by atoms with Crippen molar-refractivity contribution in [2.24, 2.45) is 12.0 Å². The summed E-state index contributed by atoms with van der Waals surface area (Å²) < 4.78 is 9.05. The van der Waals surface area contributed by atoms with Crippen LogP contribution in [-0.2, 0) is 36.2 Å². The number of rotatable bonds is 5. The maximum atomic E-state index is 13.0. The fourth-order valence-corrected chi connectivity index (χ4v) is 4.65. The number of aliphatic imine (C=N–C) groups is 1. The van der Waals surface area contributed by atoms with E-state index < -0.39 is 17.2 Å². The molecule has 0 saturated heterocycles. The predicted octanol–water partition coefficient (Wildman–Crippen LogP) is 3.18. The Morgan fingerprint density at radius 3 is 2.72 bits per heavy atom. The van der Waals surface area contributed by atoms with Crippen molar-refractivity contribution >= 4 is 38.9 Å². The van der Waals surface area contributed by atoms with Gasteiger partial charge >= 0.3 is 11.7 Å². The van der Waals surface area contributed by atoms with Crippen molar-refractivity contribution in [2.75, 3.05) is 0 Å². The number of carbonyl (C=O) groups is 1. The summed E-state index contributed by atoms with van der Waals surface area (Å²) in [5.41, 5.74) is 1.27. The molecule has 2 aromatic heterocycles. The second kappa shape index (κ2) is 8.05. The van der Waals surface area contributed by atoms with Crippen LogP contribution in [0.1, 0.15) is 16.7 Å². The number of ether oxygens (including phenoxy) is 1. The Morgan fingerprint density at radius 1 is 1.09 bits per heavy atom. The van der Waals surface area contributed by atoms with Crippen molar-refractivity contribution in [1.29, 1.82) is 0 Å². The van der Waals surface area contributed by atoms with Gasteiger partial charge < -0.3 is 4.74 Å². The lowest BCUT2D eigenvalue weighted by Crippen LogP contribution is -2.40. The van der Waals surface area contributed by atoms with E-state index in [1.807, 2.05) is 60.0 Å². The molecule has 8 heteroatoms. The van der Waals surface area contributed by atoms with Crippen LogP contribution in [0, 0.1) is 0 Å². The average molecular weight is 446 g/mol. The molecule has 0 spiro atoms. The Hall–Kier alpha value is -3.78. The highest BCUT2D eigenvalue weighted by Crippen LogP contribution is 2.24. The minimum absolute atomic E-state index is 0.0415. The number of fused-ring (bicyclic) bond motifs is 2. The molecule has 32 heavy (non-hydrogen) atoms. The third-order valence-corrected chi connectivity index (χ3v) is 6.38. The van der Waals surface area contributed by atoms with Crippen LogP contribution in [0.5, 0.6) is 0 Å². The molecule has 0 amide bonds. The molecule has 1 aliphatic heterocycles. The van der Waals surface area contributed by atoms with Crippen LogP contribution in [0.3, 0.4) is 0 Å². The van der Waals surface area contributed by atoms with E-state index in [9.17, 15) is 14.4 Å².